The van der Waals surface area contributed by atoms with E-state index in [0.29, 0.717) is 22.9 Å². The van der Waals surface area contributed by atoms with Gasteiger partial charge in [0.25, 0.3) is 0 Å². The molecular weight excluding hydrogens is 332 g/mol. The highest BCUT2D eigenvalue weighted by molar-refractivity contribution is 5.96. The van der Waals surface area contributed by atoms with Crippen LogP contribution in [-0.4, -0.2) is 32.6 Å². The molecule has 26 heavy (non-hydrogen) atoms. The van der Waals surface area contributed by atoms with E-state index in [-0.39, 0.29) is 24.8 Å². The first-order valence-electron chi connectivity index (χ1n) is 8.31. The zero-order valence-corrected chi connectivity index (χ0v) is 15.5. The van der Waals surface area contributed by atoms with Crippen molar-refractivity contribution in [2.45, 2.75) is 20.3 Å². The molecule has 0 spiro atoms. The summed E-state index contributed by atoms with van der Waals surface area (Å²) in [5.74, 6) is 0.927. The Morgan fingerprint density at radius 1 is 1.08 bits per heavy atom. The van der Waals surface area contributed by atoms with Gasteiger partial charge in [0.2, 0.25) is 11.8 Å². The van der Waals surface area contributed by atoms with Gasteiger partial charge in [-0.3, -0.25) is 9.59 Å². The highest BCUT2D eigenvalue weighted by Gasteiger charge is 2.18. The average molecular weight is 356 g/mol. The summed E-state index contributed by atoms with van der Waals surface area (Å²) in [6.07, 6.45) is 0.161. The summed E-state index contributed by atoms with van der Waals surface area (Å²) in [6.45, 7) is 3.67. The van der Waals surface area contributed by atoms with Crippen molar-refractivity contribution in [3.8, 4) is 11.5 Å². The van der Waals surface area contributed by atoms with Crippen LogP contribution in [0.4, 0.5) is 11.4 Å². The molecule has 0 aliphatic heterocycles. The Labute approximate surface area is 153 Å². The van der Waals surface area contributed by atoms with E-state index in [2.05, 4.69) is 5.32 Å². The summed E-state index contributed by atoms with van der Waals surface area (Å²) in [5.41, 5.74) is 2.32. The molecule has 0 saturated carbocycles. The topological polar surface area (TPSA) is 67.9 Å². The Kier molecular flexibility index (Phi) is 6.60. The van der Waals surface area contributed by atoms with Crippen LogP contribution in [0.15, 0.2) is 42.5 Å². The minimum atomic E-state index is -0.184. The van der Waals surface area contributed by atoms with E-state index in [1.54, 1.807) is 43.4 Å². The van der Waals surface area contributed by atoms with Crippen molar-refractivity contribution in [2.24, 2.45) is 0 Å². The SMILES string of the molecule is COc1cccc(NC(=O)CCN(C(C)=O)c2cc(C)ccc2OC)c1. The minimum absolute atomic E-state index is 0.150. The van der Waals surface area contributed by atoms with Crippen LogP contribution < -0.4 is 19.7 Å². The van der Waals surface area contributed by atoms with E-state index in [9.17, 15) is 9.59 Å². The summed E-state index contributed by atoms with van der Waals surface area (Å²) in [7, 11) is 3.13. The first-order chi connectivity index (χ1) is 12.4. The van der Waals surface area contributed by atoms with E-state index in [1.165, 1.54) is 6.92 Å². The number of rotatable bonds is 7. The molecule has 6 heteroatoms. The van der Waals surface area contributed by atoms with Crippen molar-refractivity contribution < 1.29 is 19.1 Å². The van der Waals surface area contributed by atoms with Crippen LogP contribution in [0, 0.1) is 6.92 Å². The highest BCUT2D eigenvalue weighted by atomic mass is 16.5. The third kappa shape index (κ3) is 4.99. The second kappa shape index (κ2) is 8.89. The quantitative estimate of drug-likeness (QED) is 0.826. The Morgan fingerprint density at radius 2 is 1.85 bits per heavy atom. The molecule has 2 rings (SSSR count). The number of carbonyl (C=O) groups excluding carboxylic acids is 2. The van der Waals surface area contributed by atoms with Gasteiger partial charge >= 0.3 is 0 Å². The van der Waals surface area contributed by atoms with Crippen LogP contribution in [0.25, 0.3) is 0 Å². The normalized spacial score (nSPS) is 10.2. The fourth-order valence-corrected chi connectivity index (χ4v) is 2.60. The first kappa shape index (κ1) is 19.3. The fraction of sp³-hybridized carbons (Fsp3) is 0.300. The molecule has 0 atom stereocenters. The van der Waals surface area contributed by atoms with Crippen LogP contribution in [-0.2, 0) is 9.59 Å². The predicted octanol–water partition coefficient (Wildman–Crippen LogP) is 3.39. The van der Waals surface area contributed by atoms with Crippen molar-refractivity contribution >= 4 is 23.2 Å². The summed E-state index contributed by atoms with van der Waals surface area (Å²) >= 11 is 0. The highest BCUT2D eigenvalue weighted by Crippen LogP contribution is 2.29. The Morgan fingerprint density at radius 3 is 2.50 bits per heavy atom. The van der Waals surface area contributed by atoms with Gasteiger partial charge < -0.3 is 19.7 Å². The third-order valence-electron chi connectivity index (χ3n) is 3.92. The molecule has 0 fully saturated rings. The molecule has 0 heterocycles. The van der Waals surface area contributed by atoms with E-state index >= 15 is 0 Å². The lowest BCUT2D eigenvalue weighted by atomic mass is 10.1. The predicted molar refractivity (Wildman–Crippen MR) is 102 cm³/mol. The molecule has 0 unspecified atom stereocenters. The number of ether oxygens (including phenoxy) is 2. The van der Waals surface area contributed by atoms with Gasteiger partial charge in [-0.1, -0.05) is 12.1 Å². The maximum absolute atomic E-state index is 12.3. The fourth-order valence-electron chi connectivity index (χ4n) is 2.60. The molecule has 0 bridgehead atoms. The van der Waals surface area contributed by atoms with Crippen LogP contribution in [0.5, 0.6) is 11.5 Å². The second-order valence-electron chi connectivity index (χ2n) is 5.88. The molecular formula is C20H24N2O4. The van der Waals surface area contributed by atoms with Crippen molar-refractivity contribution in [3.63, 3.8) is 0 Å². The lowest BCUT2D eigenvalue weighted by molar-refractivity contribution is -0.117. The molecule has 0 radical (unpaired) electrons. The van der Waals surface area contributed by atoms with Crippen molar-refractivity contribution in [2.75, 3.05) is 31.0 Å². The zero-order valence-electron chi connectivity index (χ0n) is 15.5. The van der Waals surface area contributed by atoms with Crippen LogP contribution in [0.3, 0.4) is 0 Å². The molecule has 0 aliphatic rings. The van der Waals surface area contributed by atoms with Crippen molar-refractivity contribution in [1.82, 2.24) is 0 Å². The number of nitrogens with zero attached hydrogens (tertiary/aromatic N) is 1. The Hall–Kier alpha value is -3.02. The lowest BCUT2D eigenvalue weighted by Crippen LogP contribution is -2.32. The number of anilines is 2. The molecule has 2 aromatic carbocycles. The van der Waals surface area contributed by atoms with Gasteiger partial charge in [0, 0.05) is 31.6 Å². The number of amides is 2. The number of methoxy groups -OCH3 is 2. The van der Waals surface area contributed by atoms with E-state index in [4.69, 9.17) is 9.47 Å². The van der Waals surface area contributed by atoms with E-state index in [0.717, 1.165) is 5.56 Å². The molecule has 2 amide bonds. The van der Waals surface area contributed by atoms with E-state index in [1.807, 2.05) is 25.1 Å². The smallest absolute Gasteiger partial charge is 0.226 e. The number of hydrogen-bond acceptors (Lipinski definition) is 4. The van der Waals surface area contributed by atoms with Crippen LogP contribution >= 0.6 is 0 Å². The molecule has 6 nitrogen and oxygen atoms in total. The van der Waals surface area contributed by atoms with Crippen molar-refractivity contribution in [3.05, 3.63) is 48.0 Å². The number of nitrogens with one attached hydrogen (secondary N) is 1. The van der Waals surface area contributed by atoms with Gasteiger partial charge in [-0.2, -0.15) is 0 Å². The van der Waals surface area contributed by atoms with Gasteiger partial charge in [0.05, 0.1) is 19.9 Å². The van der Waals surface area contributed by atoms with Crippen molar-refractivity contribution in [1.29, 1.82) is 0 Å². The second-order valence-corrected chi connectivity index (χ2v) is 5.88. The molecule has 0 saturated heterocycles. The van der Waals surface area contributed by atoms with Gasteiger partial charge in [0.1, 0.15) is 11.5 Å². The van der Waals surface area contributed by atoms with Crippen LogP contribution in [0.2, 0.25) is 0 Å². The number of carbonyl (C=O) groups is 2. The largest absolute Gasteiger partial charge is 0.497 e. The first-order valence-corrected chi connectivity index (χ1v) is 8.31. The molecule has 138 valence electrons. The Balaban J connectivity index is 2.08. The van der Waals surface area contributed by atoms with Gasteiger partial charge in [-0.25, -0.2) is 0 Å². The minimum Gasteiger partial charge on any atom is -0.497 e. The number of hydrogen-bond donors (Lipinski definition) is 1. The average Bonchev–Trinajstić information content (AvgIpc) is 2.62. The third-order valence-corrected chi connectivity index (χ3v) is 3.92. The Bertz CT molecular complexity index is 789. The zero-order chi connectivity index (χ0) is 19.1. The maximum Gasteiger partial charge on any atom is 0.226 e. The van der Waals surface area contributed by atoms with Crippen LogP contribution in [0.1, 0.15) is 18.9 Å². The standard InChI is InChI=1S/C20H24N2O4/c1-14-8-9-19(26-4)18(12-14)22(15(2)23)11-10-20(24)21-16-6-5-7-17(13-16)25-3/h5-9,12-13H,10-11H2,1-4H3,(H,21,24). The number of aryl methyl sites for hydroxylation is 1. The molecule has 0 aromatic heterocycles. The monoisotopic (exact) mass is 356 g/mol. The summed E-state index contributed by atoms with van der Waals surface area (Å²) < 4.78 is 10.5. The maximum atomic E-state index is 12.3. The molecule has 1 N–H and O–H groups in total. The summed E-state index contributed by atoms with van der Waals surface area (Å²) in [4.78, 5) is 25.9. The van der Waals surface area contributed by atoms with Gasteiger partial charge in [0.15, 0.2) is 0 Å². The summed E-state index contributed by atoms with van der Waals surface area (Å²) in [5, 5.41) is 2.81. The van der Waals surface area contributed by atoms with E-state index < -0.39 is 0 Å². The molecule has 2 aromatic rings. The van der Waals surface area contributed by atoms with Gasteiger partial charge in [-0.05, 0) is 36.8 Å². The molecule has 0 aliphatic carbocycles. The number of benzene rings is 2. The summed E-state index contributed by atoms with van der Waals surface area (Å²) in [6, 6.07) is 12.7. The lowest BCUT2D eigenvalue weighted by Gasteiger charge is -2.23. The van der Waals surface area contributed by atoms with Gasteiger partial charge in [-0.15, -0.1) is 0 Å².